The van der Waals surface area contributed by atoms with Gasteiger partial charge in [-0.3, -0.25) is 18.9 Å². The number of hydrogen-bond donors (Lipinski definition) is 3. The first-order valence-corrected chi connectivity index (χ1v) is 8.07. The molecular weight excluding hydrogens is 300 g/mol. The number of nitrogens with one attached hydrogen (secondary N) is 3. The largest absolute Gasteiger partial charge is 0.345 e. The van der Waals surface area contributed by atoms with Crippen molar-refractivity contribution in [1.82, 2.24) is 19.9 Å². The van der Waals surface area contributed by atoms with Crippen LogP contribution in [0.5, 0.6) is 0 Å². The van der Waals surface area contributed by atoms with Crippen LogP contribution < -0.4 is 16.0 Å². The van der Waals surface area contributed by atoms with E-state index in [1.54, 1.807) is 10.0 Å². The SMILES string of the molecule is O=C1NCCCCNCNC(=O)c2ccc3ccn(c3c2)S1. The van der Waals surface area contributed by atoms with Crippen molar-refractivity contribution in [1.29, 1.82) is 0 Å². The van der Waals surface area contributed by atoms with Gasteiger partial charge in [-0.1, -0.05) is 6.07 Å². The summed E-state index contributed by atoms with van der Waals surface area (Å²) in [7, 11) is 0. The van der Waals surface area contributed by atoms with Gasteiger partial charge in [0.05, 0.1) is 24.1 Å². The molecule has 6 nitrogen and oxygen atoms in total. The minimum absolute atomic E-state index is 0.0878. The molecule has 1 aromatic carbocycles. The number of hydrogen-bond acceptors (Lipinski definition) is 4. The third-order valence-corrected chi connectivity index (χ3v) is 4.35. The van der Waals surface area contributed by atoms with Crippen LogP contribution in [0.25, 0.3) is 10.9 Å². The Morgan fingerprint density at radius 2 is 1.91 bits per heavy atom. The normalized spacial score (nSPS) is 17.6. The number of rotatable bonds is 0. The molecule has 0 saturated carbocycles. The second-order valence-electron chi connectivity index (χ2n) is 5.11. The summed E-state index contributed by atoms with van der Waals surface area (Å²) in [5.74, 6) is -0.119. The topological polar surface area (TPSA) is 75.2 Å². The highest BCUT2D eigenvalue weighted by Gasteiger charge is 2.11. The smallest absolute Gasteiger partial charge is 0.300 e. The van der Waals surface area contributed by atoms with E-state index >= 15 is 0 Å². The average molecular weight is 318 g/mol. The van der Waals surface area contributed by atoms with Crippen molar-refractivity contribution in [3.63, 3.8) is 0 Å². The maximum atomic E-state index is 12.1. The lowest BCUT2D eigenvalue weighted by Gasteiger charge is -2.07. The van der Waals surface area contributed by atoms with Gasteiger partial charge in [0.2, 0.25) is 0 Å². The Bertz CT molecular complexity index is 698. The van der Waals surface area contributed by atoms with Crippen LogP contribution in [0.15, 0.2) is 30.5 Å². The van der Waals surface area contributed by atoms with Crippen molar-refractivity contribution < 1.29 is 9.59 Å². The summed E-state index contributed by atoms with van der Waals surface area (Å²) >= 11 is 1.10. The van der Waals surface area contributed by atoms with E-state index in [4.69, 9.17) is 0 Å². The van der Waals surface area contributed by atoms with Gasteiger partial charge in [-0.25, -0.2) is 0 Å². The van der Waals surface area contributed by atoms with Crippen molar-refractivity contribution >= 4 is 34.0 Å². The summed E-state index contributed by atoms with van der Waals surface area (Å²) in [6.45, 7) is 1.91. The average Bonchev–Trinajstić information content (AvgIpc) is 2.91. The van der Waals surface area contributed by atoms with Gasteiger partial charge >= 0.3 is 0 Å². The lowest BCUT2D eigenvalue weighted by molar-refractivity contribution is 0.0950. The van der Waals surface area contributed by atoms with Crippen LogP contribution in [0.2, 0.25) is 0 Å². The molecule has 1 aliphatic rings. The molecule has 0 fully saturated rings. The van der Waals surface area contributed by atoms with Crippen molar-refractivity contribution in [3.8, 4) is 0 Å². The van der Waals surface area contributed by atoms with Crippen LogP contribution in [-0.4, -0.2) is 34.9 Å². The monoisotopic (exact) mass is 318 g/mol. The van der Waals surface area contributed by atoms with Gasteiger partial charge in [-0.15, -0.1) is 0 Å². The molecule has 1 aliphatic heterocycles. The number of fused-ring (bicyclic) bond motifs is 1. The standard InChI is InChI=1S/C15H18N4O2S/c20-14-12-4-3-11-5-8-19(13(11)9-12)22-15(21)17-7-2-1-6-16-10-18-14/h3-5,8-9,16H,1-2,6-7,10H2,(H,17,21)(H,18,20). The molecule has 7 heteroatoms. The summed E-state index contributed by atoms with van der Waals surface area (Å²) in [6.07, 6.45) is 3.70. The minimum atomic E-state index is -0.119. The number of amides is 2. The van der Waals surface area contributed by atoms with Crippen molar-refractivity contribution in [2.75, 3.05) is 19.8 Å². The maximum Gasteiger partial charge on any atom is 0.300 e. The Hall–Kier alpha value is -1.99. The second-order valence-corrected chi connectivity index (χ2v) is 6.06. The van der Waals surface area contributed by atoms with Crippen LogP contribution in [0.4, 0.5) is 4.79 Å². The molecule has 0 spiro atoms. The molecule has 0 unspecified atom stereocenters. The summed E-state index contributed by atoms with van der Waals surface area (Å²) in [5.41, 5.74) is 1.45. The molecule has 2 heterocycles. The van der Waals surface area contributed by atoms with Gasteiger partial charge in [0.25, 0.3) is 11.1 Å². The molecule has 2 bridgehead atoms. The van der Waals surface area contributed by atoms with E-state index in [0.717, 1.165) is 42.2 Å². The van der Waals surface area contributed by atoms with Gasteiger partial charge in [-0.2, -0.15) is 0 Å². The van der Waals surface area contributed by atoms with Crippen molar-refractivity contribution in [2.24, 2.45) is 0 Å². The summed E-state index contributed by atoms with van der Waals surface area (Å²) < 4.78 is 1.79. The molecule has 3 N–H and O–H groups in total. The van der Waals surface area contributed by atoms with Gasteiger partial charge in [0.1, 0.15) is 0 Å². The summed E-state index contributed by atoms with van der Waals surface area (Å²) in [4.78, 5) is 24.1. The molecule has 0 aliphatic carbocycles. The minimum Gasteiger partial charge on any atom is -0.345 e. The fourth-order valence-corrected chi connectivity index (χ4v) is 3.07. The molecule has 3 rings (SSSR count). The Kier molecular flexibility index (Phi) is 4.65. The van der Waals surface area contributed by atoms with Gasteiger partial charge < -0.3 is 10.6 Å². The molecule has 2 aromatic rings. The fourth-order valence-electron chi connectivity index (χ4n) is 2.34. The van der Waals surface area contributed by atoms with Gasteiger partial charge in [0.15, 0.2) is 0 Å². The van der Waals surface area contributed by atoms with E-state index in [9.17, 15) is 9.59 Å². The maximum absolute atomic E-state index is 12.1. The predicted molar refractivity (Wildman–Crippen MR) is 87.9 cm³/mol. The molecule has 1 aromatic heterocycles. The third kappa shape index (κ3) is 3.42. The number of benzene rings is 1. The van der Waals surface area contributed by atoms with E-state index in [-0.39, 0.29) is 11.1 Å². The lowest BCUT2D eigenvalue weighted by Crippen LogP contribution is -2.34. The van der Waals surface area contributed by atoms with Gasteiger partial charge in [0, 0.05) is 23.7 Å². The van der Waals surface area contributed by atoms with Crippen LogP contribution in [0.1, 0.15) is 23.2 Å². The quantitative estimate of drug-likeness (QED) is 0.694. The molecule has 2 amide bonds. The van der Waals surface area contributed by atoms with Crippen LogP contribution in [0.3, 0.4) is 0 Å². The highest BCUT2D eigenvalue weighted by Crippen LogP contribution is 2.22. The third-order valence-electron chi connectivity index (χ3n) is 3.52. The molecule has 0 radical (unpaired) electrons. The molecule has 22 heavy (non-hydrogen) atoms. The van der Waals surface area contributed by atoms with E-state index in [0.29, 0.717) is 18.8 Å². The number of aromatic nitrogens is 1. The predicted octanol–water partition coefficient (Wildman–Crippen LogP) is 1.92. The Labute approximate surface area is 132 Å². The first-order chi connectivity index (χ1) is 10.7. The summed E-state index contributed by atoms with van der Waals surface area (Å²) in [6, 6.07) is 7.43. The Morgan fingerprint density at radius 3 is 2.82 bits per heavy atom. The van der Waals surface area contributed by atoms with E-state index in [2.05, 4.69) is 16.0 Å². The van der Waals surface area contributed by atoms with E-state index in [1.807, 2.05) is 24.4 Å². The fraction of sp³-hybridized carbons (Fsp3) is 0.333. The van der Waals surface area contributed by atoms with Gasteiger partial charge in [-0.05, 0) is 37.6 Å². The Balaban J connectivity index is 1.89. The zero-order chi connectivity index (χ0) is 15.4. The lowest BCUT2D eigenvalue weighted by atomic mass is 10.1. The molecule has 116 valence electrons. The van der Waals surface area contributed by atoms with Crippen LogP contribution >= 0.6 is 11.9 Å². The van der Waals surface area contributed by atoms with Crippen molar-refractivity contribution in [2.45, 2.75) is 12.8 Å². The van der Waals surface area contributed by atoms with Crippen LogP contribution in [0, 0.1) is 0 Å². The zero-order valence-electron chi connectivity index (χ0n) is 12.1. The van der Waals surface area contributed by atoms with Crippen molar-refractivity contribution in [3.05, 3.63) is 36.0 Å². The van der Waals surface area contributed by atoms with Crippen LogP contribution in [-0.2, 0) is 0 Å². The second kappa shape index (κ2) is 6.85. The molecule has 0 saturated heterocycles. The van der Waals surface area contributed by atoms with E-state index in [1.165, 1.54) is 0 Å². The molecular formula is C15H18N4O2S. The first kappa shape index (κ1) is 14.9. The summed E-state index contributed by atoms with van der Waals surface area (Å²) in [5, 5.41) is 9.82. The highest BCUT2D eigenvalue weighted by atomic mass is 32.2. The molecule has 0 atom stereocenters. The Morgan fingerprint density at radius 1 is 1.05 bits per heavy atom. The first-order valence-electron chi connectivity index (χ1n) is 7.30. The number of carbonyl (C=O) groups excluding carboxylic acids is 2. The van der Waals surface area contributed by atoms with E-state index < -0.39 is 0 Å². The number of nitrogens with zero attached hydrogens (tertiary/aromatic N) is 1. The zero-order valence-corrected chi connectivity index (χ0v) is 12.9. The number of carbonyl (C=O) groups is 2. The highest BCUT2D eigenvalue weighted by molar-refractivity contribution is 8.12.